The van der Waals surface area contributed by atoms with Crippen LogP contribution in [0.2, 0.25) is 0 Å². The number of carbonyl (C=O) groups is 2. The van der Waals surface area contributed by atoms with Crippen LogP contribution in [0.4, 0.5) is 10.1 Å². The second kappa shape index (κ2) is 3.90. The van der Waals surface area contributed by atoms with Gasteiger partial charge in [-0.2, -0.15) is 0 Å². The van der Waals surface area contributed by atoms with Gasteiger partial charge in [-0.3, -0.25) is 19.7 Å². The molecule has 0 spiro atoms. The maximum absolute atomic E-state index is 12.9. The molecule has 9 heteroatoms. The van der Waals surface area contributed by atoms with Crippen LogP contribution in [-0.2, 0) is 14.3 Å². The lowest BCUT2D eigenvalue weighted by atomic mass is 9.59. The van der Waals surface area contributed by atoms with E-state index in [-0.39, 0.29) is 34.2 Å². The van der Waals surface area contributed by atoms with Gasteiger partial charge in [0.05, 0.1) is 28.0 Å². The fourth-order valence-electron chi connectivity index (χ4n) is 4.05. The number of anilines is 1. The lowest BCUT2D eigenvalue weighted by Gasteiger charge is -2.36. The first kappa shape index (κ1) is 13.8. The van der Waals surface area contributed by atoms with E-state index in [1.165, 1.54) is 0 Å². The van der Waals surface area contributed by atoms with Gasteiger partial charge >= 0.3 is 5.00 Å². The van der Waals surface area contributed by atoms with Crippen LogP contribution in [0.25, 0.3) is 0 Å². The zero-order valence-corrected chi connectivity index (χ0v) is 12.8. The van der Waals surface area contributed by atoms with Crippen LogP contribution in [0.1, 0.15) is 26.7 Å². The molecule has 3 saturated heterocycles. The predicted molar refractivity (Wildman–Crippen MR) is 75.4 cm³/mol. The van der Waals surface area contributed by atoms with Crippen molar-refractivity contribution in [1.82, 2.24) is 4.98 Å². The third-order valence-electron chi connectivity index (χ3n) is 5.53. The number of aromatic nitrogens is 1. The quantitative estimate of drug-likeness (QED) is 0.464. The summed E-state index contributed by atoms with van der Waals surface area (Å²) in [5, 5.41) is 10.7. The Morgan fingerprint density at radius 1 is 1.32 bits per heavy atom. The van der Waals surface area contributed by atoms with E-state index in [0.29, 0.717) is 0 Å². The van der Waals surface area contributed by atoms with Crippen molar-refractivity contribution in [3.8, 4) is 0 Å². The number of nitrogens with zero attached hydrogens (tertiary/aromatic N) is 3. The Morgan fingerprint density at radius 2 is 1.86 bits per heavy atom. The zero-order chi connectivity index (χ0) is 15.9. The molecule has 3 aliphatic heterocycles. The minimum Gasteiger partial charge on any atom is -0.373 e. The predicted octanol–water partition coefficient (Wildman–Crippen LogP) is 1.50. The summed E-state index contributed by atoms with van der Waals surface area (Å²) in [4.78, 5) is 41.0. The summed E-state index contributed by atoms with van der Waals surface area (Å²) in [6.07, 6.45) is 2.02. The molecule has 4 atom stereocenters. The Labute approximate surface area is 129 Å². The molecule has 22 heavy (non-hydrogen) atoms. The highest BCUT2D eigenvalue weighted by molar-refractivity contribution is 7.19. The summed E-state index contributed by atoms with van der Waals surface area (Å²) in [5.74, 6) is -0.729. The normalized spacial score (nSPS) is 39.6. The van der Waals surface area contributed by atoms with Gasteiger partial charge in [-0.25, -0.2) is 9.88 Å². The minimum absolute atomic E-state index is 0.0675. The van der Waals surface area contributed by atoms with Crippen LogP contribution in [0.15, 0.2) is 6.20 Å². The van der Waals surface area contributed by atoms with Crippen molar-refractivity contribution in [2.45, 2.75) is 38.9 Å². The topological polar surface area (TPSA) is 103 Å². The van der Waals surface area contributed by atoms with Gasteiger partial charge in [0.2, 0.25) is 16.9 Å². The maximum atomic E-state index is 12.9. The highest BCUT2D eigenvalue weighted by Gasteiger charge is 2.77. The van der Waals surface area contributed by atoms with Crippen LogP contribution in [0.5, 0.6) is 0 Å². The van der Waals surface area contributed by atoms with Crippen molar-refractivity contribution in [2.75, 3.05) is 4.90 Å². The number of nitro groups is 1. The van der Waals surface area contributed by atoms with Crippen molar-refractivity contribution >= 4 is 33.3 Å². The molecule has 116 valence electrons. The van der Waals surface area contributed by atoms with Crippen molar-refractivity contribution in [3.63, 3.8) is 0 Å². The Hall–Kier alpha value is -1.87. The van der Waals surface area contributed by atoms with Crippen molar-refractivity contribution in [2.24, 2.45) is 10.8 Å². The van der Waals surface area contributed by atoms with E-state index < -0.39 is 15.8 Å². The highest BCUT2D eigenvalue weighted by Crippen LogP contribution is 2.64. The molecule has 0 radical (unpaired) electrons. The number of amides is 2. The molecule has 0 N–H and O–H groups in total. The second-order valence-corrected chi connectivity index (χ2v) is 7.27. The van der Waals surface area contributed by atoms with Crippen LogP contribution >= 0.6 is 11.3 Å². The molecule has 1 aromatic heterocycles. The minimum atomic E-state index is -0.923. The molecule has 8 nitrogen and oxygen atoms in total. The number of imide groups is 1. The number of fused-ring (bicyclic) bond motifs is 5. The molecular weight excluding hydrogens is 310 g/mol. The first-order valence-corrected chi connectivity index (χ1v) is 7.78. The summed E-state index contributed by atoms with van der Waals surface area (Å²) in [6, 6.07) is 0. The van der Waals surface area contributed by atoms with Crippen LogP contribution in [-0.4, -0.2) is 33.9 Å². The first-order valence-electron chi connectivity index (χ1n) is 6.96. The van der Waals surface area contributed by atoms with Crippen LogP contribution in [0.3, 0.4) is 0 Å². The fraction of sp³-hybridized carbons (Fsp3) is 0.615. The van der Waals surface area contributed by atoms with E-state index in [4.69, 9.17) is 4.74 Å². The van der Waals surface area contributed by atoms with E-state index in [0.717, 1.165) is 35.3 Å². The molecule has 1 aromatic rings. The number of rotatable bonds is 2. The highest BCUT2D eigenvalue weighted by atomic mass is 32.1. The summed E-state index contributed by atoms with van der Waals surface area (Å²) in [7, 11) is 0. The van der Waals surface area contributed by atoms with Crippen molar-refractivity contribution in [1.29, 1.82) is 0 Å². The molecule has 4 heterocycles. The van der Waals surface area contributed by atoms with Gasteiger partial charge in [0.25, 0.3) is 0 Å². The molecule has 3 aliphatic rings. The third kappa shape index (κ3) is 1.25. The summed E-state index contributed by atoms with van der Waals surface area (Å²) >= 11 is 0.738. The van der Waals surface area contributed by atoms with Gasteiger partial charge in [0.1, 0.15) is 6.20 Å². The molecule has 0 aliphatic carbocycles. The SMILES string of the molecule is C[C@@]12C(=O)N(c3ncc([N+](=O)[O-])s3)C(=O)[C@]1(C)[C@@H]1CC[C@H]2O1. The van der Waals surface area contributed by atoms with Crippen molar-refractivity contribution < 1.29 is 19.2 Å². The number of hydrogen-bond acceptors (Lipinski definition) is 7. The zero-order valence-electron chi connectivity index (χ0n) is 11.9. The molecule has 0 unspecified atom stereocenters. The number of hydrogen-bond donors (Lipinski definition) is 0. The second-order valence-electron chi connectivity index (χ2n) is 6.28. The Balaban J connectivity index is 1.82. The summed E-state index contributed by atoms with van der Waals surface area (Å²) in [5.41, 5.74) is -1.85. The molecule has 0 aromatic carbocycles. The average molecular weight is 323 g/mol. The van der Waals surface area contributed by atoms with Gasteiger partial charge < -0.3 is 4.74 Å². The lowest BCUT2D eigenvalue weighted by molar-refractivity contribution is -0.380. The molecular formula is C13H13N3O5S. The third-order valence-corrected chi connectivity index (χ3v) is 6.47. The molecule has 2 bridgehead atoms. The largest absolute Gasteiger partial charge is 0.373 e. The van der Waals surface area contributed by atoms with Gasteiger partial charge in [-0.15, -0.1) is 0 Å². The summed E-state index contributed by atoms with van der Waals surface area (Å²) in [6.45, 7) is 3.53. The Bertz CT molecular complexity index is 699. The molecule has 4 rings (SSSR count). The van der Waals surface area contributed by atoms with Gasteiger partial charge in [0, 0.05) is 0 Å². The van der Waals surface area contributed by atoms with Crippen molar-refractivity contribution in [3.05, 3.63) is 16.3 Å². The van der Waals surface area contributed by atoms with E-state index in [1.54, 1.807) is 13.8 Å². The fourth-order valence-corrected chi connectivity index (χ4v) is 4.78. The van der Waals surface area contributed by atoms with E-state index >= 15 is 0 Å². The Kier molecular flexibility index (Phi) is 2.44. The first-order chi connectivity index (χ1) is 10.3. The molecule has 3 fully saturated rings. The maximum Gasteiger partial charge on any atom is 0.345 e. The van der Waals surface area contributed by atoms with E-state index in [1.807, 2.05) is 0 Å². The van der Waals surface area contributed by atoms with Gasteiger partial charge in [-0.1, -0.05) is 0 Å². The Morgan fingerprint density at radius 3 is 2.32 bits per heavy atom. The van der Waals surface area contributed by atoms with E-state index in [2.05, 4.69) is 4.98 Å². The lowest BCUT2D eigenvalue weighted by Crippen LogP contribution is -2.48. The standard InChI is InChI=1S/C13H13N3O5S/c1-12-6-3-4-7(21-6)13(12,2)10(18)15(9(12)17)11-14-5-8(22-11)16(19)20/h5-7H,3-4H2,1-2H3/t6-,7+,12-,13+. The number of thiazole rings is 1. The van der Waals surface area contributed by atoms with Gasteiger partial charge in [-0.05, 0) is 38.0 Å². The monoisotopic (exact) mass is 323 g/mol. The average Bonchev–Trinajstić information content (AvgIpc) is 3.19. The number of carbonyl (C=O) groups excluding carboxylic acids is 2. The smallest absolute Gasteiger partial charge is 0.345 e. The van der Waals surface area contributed by atoms with Crippen LogP contribution in [0, 0.1) is 20.9 Å². The molecule has 2 amide bonds. The molecule has 0 saturated carbocycles. The van der Waals surface area contributed by atoms with E-state index in [9.17, 15) is 19.7 Å². The summed E-state index contributed by atoms with van der Waals surface area (Å²) < 4.78 is 5.82. The van der Waals surface area contributed by atoms with Gasteiger partial charge in [0.15, 0.2) is 0 Å². The number of ether oxygens (including phenoxy) is 1. The van der Waals surface area contributed by atoms with Crippen LogP contribution < -0.4 is 4.90 Å².